The summed E-state index contributed by atoms with van der Waals surface area (Å²) in [6.07, 6.45) is 7.64. The minimum Gasteiger partial charge on any atom is -0.393 e. The van der Waals surface area contributed by atoms with E-state index in [1.165, 1.54) is 25.7 Å². The second-order valence-corrected chi connectivity index (χ2v) is 18.1. The van der Waals surface area contributed by atoms with Crippen LogP contribution in [0.2, 0.25) is 0 Å². The van der Waals surface area contributed by atoms with Crippen LogP contribution < -0.4 is 0 Å². The molecule has 8 heteroatoms. The van der Waals surface area contributed by atoms with E-state index in [0.29, 0.717) is 54.7 Å². The average Bonchev–Trinajstić information content (AvgIpc) is 3.59. The monoisotopic (exact) mass is 633 g/mol. The lowest BCUT2D eigenvalue weighted by atomic mass is 9.41. The molecule has 1 heterocycles. The van der Waals surface area contributed by atoms with Crippen LogP contribution in [0.1, 0.15) is 113 Å². The molecule has 3 N–H and O–H groups in total. The molecule has 8 nitrogen and oxygen atoms in total. The average molecular weight is 634 g/mol. The van der Waals surface area contributed by atoms with Crippen molar-refractivity contribution in [3.05, 3.63) is 0 Å². The molecule has 45 heavy (non-hydrogen) atoms. The first-order valence-electron chi connectivity index (χ1n) is 18.0. The van der Waals surface area contributed by atoms with Gasteiger partial charge in [-0.25, -0.2) is 0 Å². The van der Waals surface area contributed by atoms with Gasteiger partial charge in [0, 0.05) is 26.0 Å². The van der Waals surface area contributed by atoms with Gasteiger partial charge in [-0.05, 0) is 117 Å². The normalized spacial score (nSPS) is 47.5. The number of carbonyl (C=O) groups is 1. The Hall–Kier alpha value is -0.770. The van der Waals surface area contributed by atoms with Gasteiger partial charge in [-0.15, -0.1) is 0 Å². The zero-order valence-electron chi connectivity index (χ0n) is 29.6. The molecule has 5 aliphatic carbocycles. The van der Waals surface area contributed by atoms with Gasteiger partial charge in [0.1, 0.15) is 6.10 Å². The molecule has 0 aromatic rings. The molecule has 6 rings (SSSR count). The van der Waals surface area contributed by atoms with Crippen LogP contribution in [-0.4, -0.2) is 89.2 Å². The third kappa shape index (κ3) is 4.84. The summed E-state index contributed by atoms with van der Waals surface area (Å²) in [6.45, 7) is 18.6. The number of hydrogen-bond donors (Lipinski definition) is 3. The van der Waals surface area contributed by atoms with Crippen LogP contribution in [0, 0.1) is 50.7 Å². The summed E-state index contributed by atoms with van der Waals surface area (Å²) in [4.78, 5) is 13.9. The van der Waals surface area contributed by atoms with Crippen LogP contribution in [0.5, 0.6) is 0 Å². The van der Waals surface area contributed by atoms with Crippen LogP contribution >= 0.6 is 0 Å². The zero-order valence-corrected chi connectivity index (χ0v) is 29.6. The fourth-order valence-corrected chi connectivity index (χ4v) is 13.0. The number of fused-ring (bicyclic) bond motifs is 2. The van der Waals surface area contributed by atoms with E-state index in [1.54, 1.807) is 27.9 Å². The number of nitrogens with zero attached hydrogens (tertiary/aromatic N) is 1. The summed E-state index contributed by atoms with van der Waals surface area (Å²) in [6, 6.07) is 0. The minimum absolute atomic E-state index is 0.00703. The fourth-order valence-electron chi connectivity index (χ4n) is 13.0. The number of ether oxygens (including phenoxy) is 3. The van der Waals surface area contributed by atoms with E-state index in [2.05, 4.69) is 34.6 Å². The fraction of sp³-hybridized carbons (Fsp3) is 0.973. The molecular weight excluding hydrogens is 570 g/mol. The Balaban J connectivity index is 1.20. The van der Waals surface area contributed by atoms with Crippen molar-refractivity contribution in [2.24, 2.45) is 50.7 Å². The van der Waals surface area contributed by atoms with Gasteiger partial charge in [-0.2, -0.15) is 0 Å². The first-order valence-corrected chi connectivity index (χ1v) is 18.0. The van der Waals surface area contributed by atoms with E-state index in [9.17, 15) is 20.1 Å². The van der Waals surface area contributed by atoms with Crippen LogP contribution in [0.15, 0.2) is 0 Å². The van der Waals surface area contributed by atoms with Gasteiger partial charge in [0.05, 0.1) is 37.1 Å². The Kier molecular flexibility index (Phi) is 8.43. The van der Waals surface area contributed by atoms with Crippen molar-refractivity contribution in [2.45, 2.75) is 149 Å². The van der Waals surface area contributed by atoms with Crippen molar-refractivity contribution < 1.29 is 34.3 Å². The maximum Gasteiger partial charge on any atom is 0.219 e. The zero-order chi connectivity index (χ0) is 33.0. The van der Waals surface area contributed by atoms with Crippen LogP contribution in [0.3, 0.4) is 0 Å². The summed E-state index contributed by atoms with van der Waals surface area (Å²) < 4.78 is 18.5. The highest BCUT2D eigenvalue weighted by Gasteiger charge is 2.83. The Morgan fingerprint density at radius 3 is 2.38 bits per heavy atom. The third-order valence-corrected chi connectivity index (χ3v) is 15.7. The van der Waals surface area contributed by atoms with Crippen LogP contribution in [-0.2, 0) is 19.0 Å². The van der Waals surface area contributed by atoms with E-state index in [-0.39, 0.29) is 46.6 Å². The highest BCUT2D eigenvalue weighted by molar-refractivity contribution is 5.73. The predicted octanol–water partition coefficient (Wildman–Crippen LogP) is 5.16. The molecular formula is C37H63NO7. The molecule has 5 saturated carbocycles. The maximum atomic E-state index is 12.1. The van der Waals surface area contributed by atoms with E-state index in [0.717, 1.165) is 25.7 Å². The highest BCUT2D eigenvalue weighted by atomic mass is 16.7. The first kappa shape index (κ1) is 34.1. The molecule has 0 bridgehead atoms. The van der Waals surface area contributed by atoms with Crippen molar-refractivity contribution in [1.29, 1.82) is 0 Å². The topological polar surface area (TPSA) is 109 Å². The van der Waals surface area contributed by atoms with Crippen LogP contribution in [0.25, 0.3) is 0 Å². The standard InChI is InChI=1S/C37H63NO7/c1-22(18-25(43-9)31(41)33(5,6)42)24-19-28(40)35(8)27-11-10-26-32(3,4)29(45-30-20-38(23(2)39)16-17-44-30)12-13-36(26)21-37(27,36)15-14-34(24,35)7/h22,24-31,40-42H,10-21H2,1-9H3/t22-,24?,25?,26+,27+,28+,29?,30?,31+,34-,35-,36-,37?/m1/s1. The van der Waals surface area contributed by atoms with Gasteiger partial charge in [0.15, 0.2) is 6.29 Å². The molecule has 6 fully saturated rings. The van der Waals surface area contributed by atoms with E-state index >= 15 is 0 Å². The van der Waals surface area contributed by atoms with Crippen molar-refractivity contribution in [2.75, 3.05) is 26.8 Å². The quantitative estimate of drug-likeness (QED) is 0.339. The van der Waals surface area contributed by atoms with Crippen molar-refractivity contribution in [3.63, 3.8) is 0 Å². The Labute approximate surface area is 271 Å². The maximum absolute atomic E-state index is 12.1. The number of carbonyl (C=O) groups excluding carboxylic acids is 1. The summed E-state index contributed by atoms with van der Waals surface area (Å²) in [5, 5.41) is 33.4. The molecule has 0 radical (unpaired) electrons. The number of hydrogen-bond acceptors (Lipinski definition) is 7. The Morgan fingerprint density at radius 1 is 1.07 bits per heavy atom. The van der Waals surface area contributed by atoms with Gasteiger partial charge in [-0.1, -0.05) is 34.6 Å². The third-order valence-electron chi connectivity index (χ3n) is 15.7. The van der Waals surface area contributed by atoms with E-state index in [1.807, 2.05) is 4.90 Å². The van der Waals surface area contributed by atoms with Gasteiger partial charge in [-0.3, -0.25) is 4.79 Å². The Bertz CT molecular complexity index is 1140. The smallest absolute Gasteiger partial charge is 0.219 e. The first-order chi connectivity index (χ1) is 20.9. The molecule has 1 aliphatic heterocycles. The number of methoxy groups -OCH3 is 1. The van der Waals surface area contributed by atoms with E-state index in [4.69, 9.17) is 14.2 Å². The molecule has 13 atom stereocenters. The molecule has 0 aromatic heterocycles. The number of aliphatic hydroxyl groups is 3. The number of aliphatic hydroxyl groups excluding tert-OH is 2. The van der Waals surface area contributed by atoms with Gasteiger partial charge in [0.25, 0.3) is 0 Å². The van der Waals surface area contributed by atoms with Gasteiger partial charge >= 0.3 is 0 Å². The number of morpholine rings is 1. The summed E-state index contributed by atoms with van der Waals surface area (Å²) in [5.41, 5.74) is -0.751. The van der Waals surface area contributed by atoms with Crippen molar-refractivity contribution in [3.8, 4) is 0 Å². The second kappa shape index (κ2) is 11.1. The minimum atomic E-state index is -1.24. The molecule has 6 aliphatic rings. The SMILES string of the molecule is COC(C[C@@H](C)C1C[C@H](O)[C@@]2(C)[C@@H]3CC[C@H]4C(C)(C)C(OC5CN(C(C)=O)CCO5)CC[C@@]45CC35CC[C@]12C)[C@H](O)C(C)(C)O. The molecule has 0 aromatic carbocycles. The molecule has 5 unspecified atom stereocenters. The van der Waals surface area contributed by atoms with Gasteiger partial charge < -0.3 is 34.4 Å². The lowest BCUT2D eigenvalue weighted by Gasteiger charge is -2.64. The Morgan fingerprint density at radius 2 is 1.73 bits per heavy atom. The van der Waals surface area contributed by atoms with Crippen molar-refractivity contribution >= 4 is 5.91 Å². The second-order valence-electron chi connectivity index (χ2n) is 18.1. The summed E-state index contributed by atoms with van der Waals surface area (Å²) >= 11 is 0. The van der Waals surface area contributed by atoms with E-state index < -0.39 is 17.8 Å². The number of amides is 1. The number of rotatable bonds is 8. The molecule has 1 saturated heterocycles. The van der Waals surface area contributed by atoms with Crippen LogP contribution in [0.4, 0.5) is 0 Å². The van der Waals surface area contributed by atoms with Gasteiger partial charge in [0.2, 0.25) is 5.91 Å². The van der Waals surface area contributed by atoms with Crippen molar-refractivity contribution in [1.82, 2.24) is 4.90 Å². The predicted molar refractivity (Wildman–Crippen MR) is 172 cm³/mol. The molecule has 1 amide bonds. The summed E-state index contributed by atoms with van der Waals surface area (Å²) in [5.74, 6) is 1.76. The summed E-state index contributed by atoms with van der Waals surface area (Å²) in [7, 11) is 1.63. The molecule has 258 valence electrons. The highest BCUT2D eigenvalue weighted by Crippen LogP contribution is 2.89. The lowest BCUT2D eigenvalue weighted by molar-refractivity contribution is -0.247. The lowest BCUT2D eigenvalue weighted by Crippen LogP contribution is -2.60. The largest absolute Gasteiger partial charge is 0.393 e. The molecule has 2 spiro atoms.